The van der Waals surface area contributed by atoms with Gasteiger partial charge in [-0.3, -0.25) is 15.0 Å². The molecule has 2 aromatic carbocycles. The summed E-state index contributed by atoms with van der Waals surface area (Å²) in [6.45, 7) is 7.96. The molecule has 6 heteroatoms. The molecule has 3 rings (SSSR count). The molecule has 1 heterocycles. The first-order valence-corrected chi connectivity index (χ1v) is 15.0. The van der Waals surface area contributed by atoms with Crippen molar-refractivity contribution >= 4 is 54.5 Å². The summed E-state index contributed by atoms with van der Waals surface area (Å²) < 4.78 is 1.45. The third kappa shape index (κ3) is 9.23. The molecule has 1 aromatic heterocycles. The molecule has 0 atom stereocenters. The van der Waals surface area contributed by atoms with E-state index in [1.165, 1.54) is 50.2 Å². The number of nitrogens with one attached hydrogen (secondary N) is 1. The van der Waals surface area contributed by atoms with Gasteiger partial charge in [-0.25, -0.2) is 5.01 Å². The number of hydrogen-bond donors (Lipinski definition) is 1. The van der Waals surface area contributed by atoms with Crippen molar-refractivity contribution in [1.82, 2.24) is 10.4 Å². The normalized spacial score (nSPS) is 9.67. The van der Waals surface area contributed by atoms with Crippen LogP contribution in [0.2, 0.25) is 3.98 Å². The summed E-state index contributed by atoms with van der Waals surface area (Å²) in [5.41, 5.74) is 5.93. The molecule has 2 amide bonds. The quantitative estimate of drug-likeness (QED) is 0.139. The van der Waals surface area contributed by atoms with E-state index in [1.807, 2.05) is 32.3 Å². The molecule has 0 spiro atoms. The number of fused-ring (bicyclic) bond motifs is 1. The Bertz CT molecular complexity index is 964. The van der Waals surface area contributed by atoms with Gasteiger partial charge in [-0.15, -0.1) is 0 Å². The average molecular weight is 639 g/mol. The molecule has 5 nitrogen and oxygen atoms in total. The van der Waals surface area contributed by atoms with Crippen LogP contribution in [0.25, 0.3) is 10.8 Å². The number of rotatable bonds is 9. The maximum atomic E-state index is 11.4. The summed E-state index contributed by atoms with van der Waals surface area (Å²) in [6.07, 6.45) is 9.79. The summed E-state index contributed by atoms with van der Waals surface area (Å²) in [7, 11) is 0. The number of hydrogen-bond acceptors (Lipinski definition) is 3. The van der Waals surface area contributed by atoms with E-state index in [-0.39, 0.29) is 5.91 Å². The van der Waals surface area contributed by atoms with Crippen LogP contribution < -0.4 is 10.4 Å². The number of aromatic nitrogens is 1. The molecule has 0 radical (unpaired) electrons. The third-order valence-electron chi connectivity index (χ3n) is 5.03. The van der Waals surface area contributed by atoms with Crippen molar-refractivity contribution < 1.29 is 9.59 Å². The van der Waals surface area contributed by atoms with Crippen LogP contribution in [-0.4, -0.2) is 43.1 Å². The predicted octanol–water partition coefficient (Wildman–Crippen LogP) is 5.82. The van der Waals surface area contributed by atoms with E-state index < -0.39 is 0 Å². The van der Waals surface area contributed by atoms with E-state index in [9.17, 15) is 9.59 Å². The van der Waals surface area contributed by atoms with E-state index in [0.717, 1.165) is 32.2 Å². The van der Waals surface area contributed by atoms with Gasteiger partial charge in [0.25, 0.3) is 0 Å². The molecule has 0 saturated carbocycles. The van der Waals surface area contributed by atoms with Crippen LogP contribution in [-0.2, 0) is 22.4 Å². The number of hydrazine groups is 1. The van der Waals surface area contributed by atoms with Gasteiger partial charge in [0.1, 0.15) is 0 Å². The maximum absolute atomic E-state index is 11.4. The van der Waals surface area contributed by atoms with Gasteiger partial charge in [-0.2, -0.15) is 0 Å². The molecule has 0 saturated heterocycles. The number of pyridine rings is 1. The van der Waals surface area contributed by atoms with Crippen LogP contribution in [0.15, 0.2) is 60.9 Å². The van der Waals surface area contributed by atoms with Crippen molar-refractivity contribution in [3.63, 3.8) is 0 Å². The Morgan fingerprint density at radius 1 is 1.00 bits per heavy atom. The monoisotopic (exact) mass is 639 g/mol. The van der Waals surface area contributed by atoms with E-state index in [0.29, 0.717) is 18.5 Å². The number of carbonyl (C=O) groups is 2. The molecule has 174 valence electrons. The molecule has 0 fully saturated rings. The first-order valence-electron chi connectivity index (χ1n) is 11.8. The van der Waals surface area contributed by atoms with Gasteiger partial charge >= 0.3 is 120 Å². The van der Waals surface area contributed by atoms with Crippen molar-refractivity contribution in [2.45, 2.75) is 63.8 Å². The molecule has 1 N–H and O–H groups in total. The molecule has 0 unspecified atom stereocenters. The van der Waals surface area contributed by atoms with Gasteiger partial charge in [0.2, 0.25) is 12.3 Å². The van der Waals surface area contributed by atoms with E-state index in [2.05, 4.69) is 35.5 Å². The molecule has 0 aliphatic heterocycles. The second kappa shape index (κ2) is 17.2. The first-order chi connectivity index (χ1) is 16.2. The van der Waals surface area contributed by atoms with Gasteiger partial charge in [-0.1, -0.05) is 39.0 Å². The van der Waals surface area contributed by atoms with E-state index >= 15 is 0 Å². The molecule has 0 aliphatic carbocycles. The van der Waals surface area contributed by atoms with Crippen molar-refractivity contribution in [2.75, 3.05) is 5.01 Å². The fourth-order valence-electron chi connectivity index (χ4n) is 3.38. The molecule has 0 bridgehead atoms. The van der Waals surface area contributed by atoms with Crippen LogP contribution in [0.3, 0.4) is 0 Å². The number of anilines is 1. The number of carbonyl (C=O) groups excluding carboxylic acids is 2. The Balaban J connectivity index is 0.000000313. The van der Waals surface area contributed by atoms with E-state index in [1.54, 1.807) is 31.2 Å². The van der Waals surface area contributed by atoms with Crippen LogP contribution in [0.5, 0.6) is 0 Å². The zero-order chi connectivity index (χ0) is 24.5. The molecule has 33 heavy (non-hydrogen) atoms. The van der Waals surface area contributed by atoms with Crippen molar-refractivity contribution in [3.05, 3.63) is 72.1 Å². The minimum absolute atomic E-state index is 0.150. The Hall–Kier alpha value is -2.29. The summed E-state index contributed by atoms with van der Waals surface area (Å²) in [5, 5.41) is 3.99. The topological polar surface area (TPSA) is 62.3 Å². The van der Waals surface area contributed by atoms with E-state index in [4.69, 9.17) is 0 Å². The van der Waals surface area contributed by atoms with Gasteiger partial charge in [0.15, 0.2) is 0 Å². The standard InChI is InChI=1S/C15H18N.C10H12N2O2.C2H6.Tl/c1-3-5-6-13-8-7-12(4-2)14-9-10-16-11-15(13)14;1-2-10(14)12(11-8-13)9-6-4-3-5-7-9;1-2;/h7-11H,1,3-6H2,2H3;3-8H,2H2,1H3,(H,11,13);1-2H3;. The minimum atomic E-state index is -0.150. The zero-order valence-electron chi connectivity index (χ0n) is 20.4. The van der Waals surface area contributed by atoms with Crippen LogP contribution in [0.4, 0.5) is 5.69 Å². The summed E-state index contributed by atoms with van der Waals surface area (Å²) in [6, 6.07) is 15.7. The van der Waals surface area contributed by atoms with Crippen LogP contribution >= 0.6 is 0 Å². The Morgan fingerprint density at radius 2 is 1.70 bits per heavy atom. The summed E-state index contributed by atoms with van der Waals surface area (Å²) in [4.78, 5) is 26.0. The Labute approximate surface area is 214 Å². The van der Waals surface area contributed by atoms with Gasteiger partial charge < -0.3 is 0 Å². The molecule has 0 aliphatic rings. The molecule has 3 aromatic rings. The third-order valence-corrected chi connectivity index (χ3v) is 6.61. The molecular formula is C27H36N3O2Tl. The fraction of sp³-hybridized carbons (Fsp3) is 0.370. The summed E-state index contributed by atoms with van der Waals surface area (Å²) in [5.74, 6) is -0.150. The van der Waals surface area contributed by atoms with Crippen molar-refractivity contribution in [2.24, 2.45) is 0 Å². The Kier molecular flexibility index (Phi) is 15.0. The fourth-order valence-corrected chi connectivity index (χ4v) is 4.50. The van der Waals surface area contributed by atoms with Gasteiger partial charge in [0.05, 0.1) is 5.69 Å². The average Bonchev–Trinajstić information content (AvgIpc) is 2.89. The van der Waals surface area contributed by atoms with Crippen LogP contribution in [0, 0.1) is 0 Å². The number of amides is 2. The first kappa shape index (κ1) is 28.7. The zero-order valence-corrected chi connectivity index (χ0v) is 24.9. The van der Waals surface area contributed by atoms with Crippen molar-refractivity contribution in [3.8, 4) is 0 Å². The number of unbranched alkanes of at least 4 members (excludes halogenated alkanes) is 1. The second-order valence-electron chi connectivity index (χ2n) is 7.07. The molecular weight excluding hydrogens is 603 g/mol. The number of para-hydroxylation sites is 1. The van der Waals surface area contributed by atoms with Gasteiger partial charge in [-0.05, 0) is 12.1 Å². The van der Waals surface area contributed by atoms with Crippen molar-refractivity contribution in [1.29, 1.82) is 0 Å². The van der Waals surface area contributed by atoms with Gasteiger partial charge in [0, 0.05) is 6.42 Å². The Morgan fingerprint density at radius 3 is 2.30 bits per heavy atom. The number of nitrogens with zero attached hydrogens (tertiary/aromatic N) is 2. The van der Waals surface area contributed by atoms with Crippen LogP contribution in [0.1, 0.15) is 58.1 Å². The number of benzene rings is 2. The second-order valence-corrected chi connectivity index (χ2v) is 9.31. The summed E-state index contributed by atoms with van der Waals surface area (Å²) >= 11 is 1.15. The predicted molar refractivity (Wildman–Crippen MR) is 139 cm³/mol. The number of aryl methyl sites for hydroxylation is 2. The SMILES string of the molecule is CC.CCC(=O)N(NC=O)c1ccccc1.CCc1ccc(CCC[CH2][Tl])c2cnccc12.